The van der Waals surface area contributed by atoms with Crippen molar-refractivity contribution < 1.29 is 15.0 Å². The SMILES string of the molecule is CCc1c(C)nc(-c2ccc(C=CCCO)s2)nc1Nc1ccc(CC(=O)O)cc1. The lowest BCUT2D eigenvalue weighted by Gasteiger charge is -2.14. The van der Waals surface area contributed by atoms with Gasteiger partial charge in [0.2, 0.25) is 0 Å². The maximum atomic E-state index is 10.9. The molecule has 0 aliphatic carbocycles. The van der Waals surface area contributed by atoms with Gasteiger partial charge in [-0.2, -0.15) is 0 Å². The van der Waals surface area contributed by atoms with Gasteiger partial charge in [0, 0.05) is 28.4 Å². The Morgan fingerprint density at radius 1 is 1.17 bits per heavy atom. The van der Waals surface area contributed by atoms with Crippen molar-refractivity contribution in [1.82, 2.24) is 9.97 Å². The fraction of sp³-hybridized carbons (Fsp3) is 0.261. The molecule has 0 saturated carbocycles. The van der Waals surface area contributed by atoms with Gasteiger partial charge in [-0.05, 0) is 55.7 Å². The molecule has 30 heavy (non-hydrogen) atoms. The summed E-state index contributed by atoms with van der Waals surface area (Å²) in [7, 11) is 0. The first-order valence-corrected chi connectivity index (χ1v) is 10.6. The van der Waals surface area contributed by atoms with Crippen molar-refractivity contribution in [3.05, 3.63) is 64.2 Å². The number of thiophene rings is 1. The van der Waals surface area contributed by atoms with Crippen molar-refractivity contribution in [3.63, 3.8) is 0 Å². The van der Waals surface area contributed by atoms with E-state index in [1.165, 1.54) is 0 Å². The number of aromatic nitrogens is 2. The lowest BCUT2D eigenvalue weighted by Crippen LogP contribution is -2.05. The van der Waals surface area contributed by atoms with Gasteiger partial charge in [0.25, 0.3) is 0 Å². The molecule has 0 radical (unpaired) electrons. The standard InChI is InChI=1S/C23H25N3O3S/c1-3-19-15(2)24-23(20-12-11-18(30-20)6-4-5-13-27)26-22(19)25-17-9-7-16(8-10-17)14-21(28)29/h4,6-12,27H,3,5,13-14H2,1-2H3,(H,28,29)(H,24,25,26). The average Bonchev–Trinajstić information content (AvgIpc) is 3.18. The monoisotopic (exact) mass is 423 g/mol. The third-order valence-electron chi connectivity index (χ3n) is 4.56. The van der Waals surface area contributed by atoms with Crippen LogP contribution < -0.4 is 5.32 Å². The van der Waals surface area contributed by atoms with E-state index in [0.717, 1.165) is 44.5 Å². The Kier molecular flexibility index (Phi) is 7.32. The number of anilines is 2. The Labute approximate surface area is 180 Å². The van der Waals surface area contributed by atoms with Crippen molar-refractivity contribution >= 4 is 34.9 Å². The molecule has 2 aromatic heterocycles. The van der Waals surface area contributed by atoms with Crippen molar-refractivity contribution in [3.8, 4) is 10.7 Å². The number of nitrogens with one attached hydrogen (secondary N) is 1. The maximum Gasteiger partial charge on any atom is 0.307 e. The Morgan fingerprint density at radius 3 is 2.60 bits per heavy atom. The lowest BCUT2D eigenvalue weighted by atomic mass is 10.1. The second kappa shape index (κ2) is 10.1. The van der Waals surface area contributed by atoms with Gasteiger partial charge in [0.15, 0.2) is 5.82 Å². The summed E-state index contributed by atoms with van der Waals surface area (Å²) in [6.45, 7) is 4.20. The van der Waals surface area contributed by atoms with E-state index < -0.39 is 5.97 Å². The molecule has 0 spiro atoms. The number of carbonyl (C=O) groups is 1. The van der Waals surface area contributed by atoms with Crippen molar-refractivity contribution in [1.29, 1.82) is 0 Å². The van der Waals surface area contributed by atoms with Crippen molar-refractivity contribution in [2.24, 2.45) is 0 Å². The number of benzene rings is 1. The third kappa shape index (κ3) is 5.52. The predicted octanol–water partition coefficient (Wildman–Crippen LogP) is 4.84. The summed E-state index contributed by atoms with van der Waals surface area (Å²) in [6.07, 6.45) is 5.38. The van der Waals surface area contributed by atoms with Gasteiger partial charge in [0.05, 0.1) is 11.3 Å². The molecule has 0 fully saturated rings. The first kappa shape index (κ1) is 21.7. The second-order valence-corrected chi connectivity index (χ2v) is 7.94. The summed E-state index contributed by atoms with van der Waals surface area (Å²) in [5.74, 6) is 0.583. The molecule has 1 aromatic carbocycles. The second-order valence-electron chi connectivity index (χ2n) is 6.82. The number of hydrogen-bond donors (Lipinski definition) is 3. The Balaban J connectivity index is 1.87. The third-order valence-corrected chi connectivity index (χ3v) is 5.61. The minimum Gasteiger partial charge on any atom is -0.481 e. The highest BCUT2D eigenvalue weighted by molar-refractivity contribution is 7.16. The van der Waals surface area contributed by atoms with E-state index in [2.05, 4.69) is 12.2 Å². The summed E-state index contributed by atoms with van der Waals surface area (Å²) >= 11 is 1.60. The van der Waals surface area contributed by atoms with E-state index in [1.807, 2.05) is 43.3 Å². The molecule has 0 amide bonds. The Morgan fingerprint density at radius 2 is 1.93 bits per heavy atom. The highest BCUT2D eigenvalue weighted by atomic mass is 32.1. The van der Waals surface area contributed by atoms with Crippen LogP contribution in [0.3, 0.4) is 0 Å². The topological polar surface area (TPSA) is 95.3 Å². The summed E-state index contributed by atoms with van der Waals surface area (Å²) in [5, 5.41) is 21.2. The van der Waals surface area contributed by atoms with Gasteiger partial charge in [-0.25, -0.2) is 9.97 Å². The highest BCUT2D eigenvalue weighted by Crippen LogP contribution is 2.30. The number of rotatable bonds is 9. The van der Waals surface area contributed by atoms with Gasteiger partial charge < -0.3 is 15.5 Å². The molecular weight excluding hydrogens is 398 g/mol. The van der Waals surface area contributed by atoms with E-state index in [-0.39, 0.29) is 13.0 Å². The molecule has 0 bridgehead atoms. The van der Waals surface area contributed by atoms with E-state index in [9.17, 15) is 4.79 Å². The molecule has 0 unspecified atom stereocenters. The van der Waals surface area contributed by atoms with Gasteiger partial charge in [-0.1, -0.05) is 25.1 Å². The zero-order valence-corrected chi connectivity index (χ0v) is 17.9. The van der Waals surface area contributed by atoms with Crippen LogP contribution in [0.5, 0.6) is 0 Å². The Hall–Kier alpha value is -3.03. The molecule has 156 valence electrons. The summed E-state index contributed by atoms with van der Waals surface area (Å²) in [5.41, 5.74) is 3.58. The average molecular weight is 424 g/mol. The lowest BCUT2D eigenvalue weighted by molar-refractivity contribution is -0.136. The summed E-state index contributed by atoms with van der Waals surface area (Å²) in [6, 6.07) is 11.4. The fourth-order valence-corrected chi connectivity index (χ4v) is 3.96. The maximum absolute atomic E-state index is 10.9. The molecule has 3 aromatic rings. The molecule has 6 nitrogen and oxygen atoms in total. The number of carboxylic acid groups (broad SMARTS) is 1. The number of aliphatic hydroxyl groups is 1. The number of hydrogen-bond acceptors (Lipinski definition) is 6. The molecule has 2 heterocycles. The first-order valence-electron chi connectivity index (χ1n) is 9.83. The molecule has 3 rings (SSSR count). The predicted molar refractivity (Wildman–Crippen MR) is 121 cm³/mol. The van der Waals surface area contributed by atoms with Crippen LogP contribution in [0.15, 0.2) is 42.5 Å². The van der Waals surface area contributed by atoms with Crippen LogP contribution >= 0.6 is 11.3 Å². The molecule has 0 saturated heterocycles. The van der Waals surface area contributed by atoms with E-state index in [1.54, 1.807) is 23.5 Å². The van der Waals surface area contributed by atoms with Crippen molar-refractivity contribution in [2.45, 2.75) is 33.1 Å². The van der Waals surface area contributed by atoms with Crippen LogP contribution in [0.25, 0.3) is 16.8 Å². The zero-order valence-electron chi connectivity index (χ0n) is 17.1. The zero-order chi connectivity index (χ0) is 21.5. The van der Waals surface area contributed by atoms with Gasteiger partial charge >= 0.3 is 5.97 Å². The van der Waals surface area contributed by atoms with Crippen LogP contribution in [-0.2, 0) is 17.6 Å². The summed E-state index contributed by atoms with van der Waals surface area (Å²) in [4.78, 5) is 22.4. The number of aryl methyl sites for hydroxylation is 1. The number of nitrogens with zero attached hydrogens (tertiary/aromatic N) is 2. The quantitative estimate of drug-likeness (QED) is 0.456. The fourth-order valence-electron chi connectivity index (χ4n) is 3.09. The first-order chi connectivity index (χ1) is 14.5. The number of aliphatic hydroxyl groups excluding tert-OH is 1. The van der Waals surface area contributed by atoms with E-state index in [0.29, 0.717) is 12.2 Å². The van der Waals surface area contributed by atoms with Crippen LogP contribution in [0.4, 0.5) is 11.5 Å². The van der Waals surface area contributed by atoms with Crippen LogP contribution in [0.2, 0.25) is 0 Å². The Bertz CT molecular complexity index is 1040. The molecule has 0 aliphatic rings. The minimum absolute atomic E-state index is 0.00468. The van der Waals surface area contributed by atoms with Gasteiger partial charge in [-0.15, -0.1) is 11.3 Å². The van der Waals surface area contributed by atoms with Crippen LogP contribution in [-0.4, -0.2) is 32.8 Å². The van der Waals surface area contributed by atoms with Gasteiger partial charge in [-0.3, -0.25) is 4.79 Å². The molecule has 3 N–H and O–H groups in total. The largest absolute Gasteiger partial charge is 0.481 e. The van der Waals surface area contributed by atoms with Crippen molar-refractivity contribution in [2.75, 3.05) is 11.9 Å². The van der Waals surface area contributed by atoms with Crippen LogP contribution in [0, 0.1) is 6.92 Å². The normalized spacial score (nSPS) is 11.2. The van der Waals surface area contributed by atoms with E-state index >= 15 is 0 Å². The number of aliphatic carboxylic acids is 1. The van der Waals surface area contributed by atoms with Crippen LogP contribution in [0.1, 0.15) is 35.0 Å². The smallest absolute Gasteiger partial charge is 0.307 e. The molecule has 0 atom stereocenters. The van der Waals surface area contributed by atoms with Gasteiger partial charge in [0.1, 0.15) is 5.82 Å². The van der Waals surface area contributed by atoms with E-state index in [4.69, 9.17) is 20.2 Å². The molecule has 7 heteroatoms. The molecular formula is C23H25N3O3S. The molecule has 0 aliphatic heterocycles. The highest BCUT2D eigenvalue weighted by Gasteiger charge is 2.13. The number of carboxylic acids is 1. The summed E-state index contributed by atoms with van der Waals surface area (Å²) < 4.78 is 0. The minimum atomic E-state index is -0.846.